The van der Waals surface area contributed by atoms with E-state index in [1.54, 1.807) is 0 Å². The fraction of sp³-hybridized carbons (Fsp3) is 1.00. The van der Waals surface area contributed by atoms with E-state index >= 15 is 0 Å². The van der Waals surface area contributed by atoms with Crippen LogP contribution in [0.5, 0.6) is 0 Å². The molecule has 0 saturated carbocycles. The Balaban J connectivity index is 4.23. The molecule has 0 aromatic heterocycles. The molecule has 0 rings (SSSR count). The lowest BCUT2D eigenvalue weighted by Gasteiger charge is -2.36. The van der Waals surface area contributed by atoms with Crippen LogP contribution in [0.2, 0.25) is 0 Å². The molecule has 2 N–H and O–H groups in total. The van der Waals surface area contributed by atoms with Gasteiger partial charge in [0.1, 0.15) is 6.17 Å². The first-order valence-corrected chi connectivity index (χ1v) is 5.35. The highest BCUT2D eigenvalue weighted by molar-refractivity contribution is 4.65. The standard InChI is InChI=1S/C11H27N2/c1-7-10(8-9(2)3)11(12)13(4,5)6/h9-11H,7-8,12H2,1-6H3/q+1. The Kier molecular flexibility index (Phi) is 4.93. The van der Waals surface area contributed by atoms with Crippen molar-refractivity contribution in [2.45, 2.75) is 39.8 Å². The minimum Gasteiger partial charge on any atom is -0.316 e. The van der Waals surface area contributed by atoms with Gasteiger partial charge in [0, 0.05) is 5.92 Å². The number of nitrogens with two attached hydrogens (primary N) is 1. The van der Waals surface area contributed by atoms with Gasteiger partial charge in [-0.25, -0.2) is 0 Å². The van der Waals surface area contributed by atoms with E-state index in [0.29, 0.717) is 5.92 Å². The highest BCUT2D eigenvalue weighted by Crippen LogP contribution is 2.21. The van der Waals surface area contributed by atoms with Crippen LogP contribution in [0.3, 0.4) is 0 Å². The Morgan fingerprint density at radius 1 is 1.15 bits per heavy atom. The van der Waals surface area contributed by atoms with Crippen molar-refractivity contribution in [1.82, 2.24) is 0 Å². The predicted octanol–water partition coefficient (Wildman–Crippen LogP) is 2.05. The second-order valence-corrected chi connectivity index (χ2v) is 5.40. The minimum atomic E-state index is 0.271. The largest absolute Gasteiger partial charge is 0.316 e. The van der Waals surface area contributed by atoms with E-state index in [9.17, 15) is 0 Å². The molecule has 0 aromatic carbocycles. The number of nitrogens with zero attached hydrogens (tertiary/aromatic N) is 1. The summed E-state index contributed by atoms with van der Waals surface area (Å²) in [4.78, 5) is 0. The maximum Gasteiger partial charge on any atom is 0.142 e. The van der Waals surface area contributed by atoms with E-state index in [1.807, 2.05) is 0 Å². The van der Waals surface area contributed by atoms with Gasteiger partial charge >= 0.3 is 0 Å². The maximum absolute atomic E-state index is 6.23. The van der Waals surface area contributed by atoms with Crippen molar-refractivity contribution in [1.29, 1.82) is 0 Å². The molecule has 0 saturated heterocycles. The van der Waals surface area contributed by atoms with Gasteiger partial charge in [-0.2, -0.15) is 0 Å². The van der Waals surface area contributed by atoms with Gasteiger partial charge in [0.15, 0.2) is 0 Å². The van der Waals surface area contributed by atoms with E-state index in [4.69, 9.17) is 5.73 Å². The predicted molar refractivity (Wildman–Crippen MR) is 59.2 cm³/mol. The zero-order valence-electron chi connectivity index (χ0n) is 10.2. The topological polar surface area (TPSA) is 26.0 Å². The highest BCUT2D eigenvalue weighted by Gasteiger charge is 2.27. The van der Waals surface area contributed by atoms with Gasteiger partial charge < -0.3 is 4.48 Å². The first-order chi connectivity index (χ1) is 5.79. The molecule has 0 aliphatic rings. The fourth-order valence-electron chi connectivity index (χ4n) is 1.79. The van der Waals surface area contributed by atoms with E-state index in [-0.39, 0.29) is 6.17 Å². The molecule has 0 radical (unpaired) electrons. The summed E-state index contributed by atoms with van der Waals surface area (Å²) >= 11 is 0. The number of hydrogen-bond donors (Lipinski definition) is 1. The highest BCUT2D eigenvalue weighted by atomic mass is 15.4. The second kappa shape index (κ2) is 4.97. The summed E-state index contributed by atoms with van der Waals surface area (Å²) in [6, 6.07) is 0. The van der Waals surface area contributed by atoms with E-state index in [1.165, 1.54) is 12.8 Å². The van der Waals surface area contributed by atoms with Crippen molar-refractivity contribution in [3.63, 3.8) is 0 Å². The molecular formula is C11H27N2+. The zero-order valence-corrected chi connectivity index (χ0v) is 10.2. The SMILES string of the molecule is CCC(CC(C)C)C(N)[N+](C)(C)C. The molecular weight excluding hydrogens is 160 g/mol. The molecule has 13 heavy (non-hydrogen) atoms. The van der Waals surface area contributed by atoms with Gasteiger partial charge in [0.2, 0.25) is 0 Å². The molecule has 0 heterocycles. The Bertz CT molecular complexity index is 136. The van der Waals surface area contributed by atoms with E-state index in [2.05, 4.69) is 41.9 Å². The average molecular weight is 187 g/mol. The van der Waals surface area contributed by atoms with Gasteiger partial charge in [-0.15, -0.1) is 0 Å². The zero-order chi connectivity index (χ0) is 10.6. The Hall–Kier alpha value is -0.0800. The maximum atomic E-state index is 6.23. The number of hydrogen-bond acceptors (Lipinski definition) is 1. The molecule has 2 unspecified atom stereocenters. The molecule has 0 spiro atoms. The normalized spacial score (nSPS) is 17.5. The van der Waals surface area contributed by atoms with Crippen LogP contribution in [0.25, 0.3) is 0 Å². The monoisotopic (exact) mass is 187 g/mol. The molecule has 0 aromatic rings. The van der Waals surface area contributed by atoms with E-state index in [0.717, 1.165) is 10.4 Å². The molecule has 2 atom stereocenters. The van der Waals surface area contributed by atoms with Gasteiger partial charge in [-0.05, 0) is 18.8 Å². The summed E-state index contributed by atoms with van der Waals surface area (Å²) in [7, 11) is 6.52. The molecule has 0 bridgehead atoms. The van der Waals surface area contributed by atoms with Crippen LogP contribution in [0.15, 0.2) is 0 Å². The third-order valence-corrected chi connectivity index (χ3v) is 2.68. The van der Waals surface area contributed by atoms with Gasteiger partial charge in [-0.1, -0.05) is 20.8 Å². The smallest absolute Gasteiger partial charge is 0.142 e. The summed E-state index contributed by atoms with van der Waals surface area (Å²) in [5.74, 6) is 1.41. The van der Waals surface area contributed by atoms with Gasteiger partial charge in [0.25, 0.3) is 0 Å². The second-order valence-electron chi connectivity index (χ2n) is 5.40. The van der Waals surface area contributed by atoms with Gasteiger partial charge in [0.05, 0.1) is 21.1 Å². The summed E-state index contributed by atoms with van der Waals surface area (Å²) in [5, 5.41) is 0. The average Bonchev–Trinajstić information content (AvgIpc) is 1.96. The van der Waals surface area contributed by atoms with Crippen molar-refractivity contribution < 1.29 is 4.48 Å². The number of quaternary nitrogens is 1. The molecule has 0 fully saturated rings. The molecule has 80 valence electrons. The van der Waals surface area contributed by atoms with Crippen molar-refractivity contribution >= 4 is 0 Å². The van der Waals surface area contributed by atoms with Crippen LogP contribution in [0.4, 0.5) is 0 Å². The fourth-order valence-corrected chi connectivity index (χ4v) is 1.79. The summed E-state index contributed by atoms with van der Waals surface area (Å²) in [6.45, 7) is 6.78. The van der Waals surface area contributed by atoms with Crippen LogP contribution in [-0.4, -0.2) is 31.8 Å². The van der Waals surface area contributed by atoms with Crippen molar-refractivity contribution in [3.8, 4) is 0 Å². The lowest BCUT2D eigenvalue weighted by atomic mass is 9.91. The third-order valence-electron chi connectivity index (χ3n) is 2.68. The molecule has 2 heteroatoms. The first kappa shape index (κ1) is 12.9. The first-order valence-electron chi connectivity index (χ1n) is 5.35. The van der Waals surface area contributed by atoms with Crippen LogP contribution in [0, 0.1) is 11.8 Å². The number of rotatable bonds is 5. The van der Waals surface area contributed by atoms with Crippen molar-refractivity contribution in [2.75, 3.05) is 21.1 Å². The Labute approximate surface area is 83.7 Å². The molecule has 0 aliphatic carbocycles. The van der Waals surface area contributed by atoms with Crippen LogP contribution in [-0.2, 0) is 0 Å². The van der Waals surface area contributed by atoms with E-state index < -0.39 is 0 Å². The summed E-state index contributed by atoms with van der Waals surface area (Å²) in [6.07, 6.45) is 2.70. The molecule has 2 nitrogen and oxygen atoms in total. The Morgan fingerprint density at radius 2 is 1.62 bits per heavy atom. The summed E-state index contributed by atoms with van der Waals surface area (Å²) in [5.41, 5.74) is 6.23. The van der Waals surface area contributed by atoms with Crippen LogP contribution < -0.4 is 5.73 Å². The quantitative estimate of drug-likeness (QED) is 0.517. The summed E-state index contributed by atoms with van der Waals surface area (Å²) < 4.78 is 0.866. The van der Waals surface area contributed by atoms with Crippen LogP contribution in [0.1, 0.15) is 33.6 Å². The van der Waals surface area contributed by atoms with Gasteiger partial charge in [-0.3, -0.25) is 5.73 Å². The Morgan fingerprint density at radius 3 is 1.85 bits per heavy atom. The molecule has 0 aliphatic heterocycles. The van der Waals surface area contributed by atoms with Crippen molar-refractivity contribution in [3.05, 3.63) is 0 Å². The van der Waals surface area contributed by atoms with Crippen molar-refractivity contribution in [2.24, 2.45) is 17.6 Å². The minimum absolute atomic E-state index is 0.271. The van der Waals surface area contributed by atoms with Crippen LogP contribution >= 0.6 is 0 Å². The third kappa shape index (κ3) is 4.63. The lowest BCUT2D eigenvalue weighted by Crippen LogP contribution is -2.55. The molecule has 0 amide bonds. The lowest BCUT2D eigenvalue weighted by molar-refractivity contribution is -0.900.